The van der Waals surface area contributed by atoms with Crippen molar-refractivity contribution in [2.75, 3.05) is 19.1 Å². The van der Waals surface area contributed by atoms with Crippen LogP contribution in [0.2, 0.25) is 0 Å². The first-order valence-electron chi connectivity index (χ1n) is 9.59. The lowest BCUT2D eigenvalue weighted by molar-refractivity contribution is -0.132. The second kappa shape index (κ2) is 8.02. The molecule has 0 saturated carbocycles. The molecule has 2 aromatic carbocycles. The molecule has 0 aliphatic carbocycles. The van der Waals surface area contributed by atoms with Crippen molar-refractivity contribution in [1.82, 2.24) is 0 Å². The number of carbonyl (C=O) groups is 2. The SMILES string of the molecule is COc1ccc(OC)c(/C(O)=C2/C(=O)C(=O)N(c3cccc(C)c3)C2c2ccco2)c1. The van der Waals surface area contributed by atoms with E-state index in [-0.39, 0.29) is 16.9 Å². The number of anilines is 1. The molecule has 2 heterocycles. The number of furan rings is 1. The van der Waals surface area contributed by atoms with Crippen molar-refractivity contribution < 1.29 is 28.6 Å². The van der Waals surface area contributed by atoms with E-state index < -0.39 is 17.7 Å². The lowest BCUT2D eigenvalue weighted by Crippen LogP contribution is -2.29. The maximum Gasteiger partial charge on any atom is 0.300 e. The number of nitrogens with zero attached hydrogens (tertiary/aromatic N) is 1. The topological polar surface area (TPSA) is 89.2 Å². The predicted molar refractivity (Wildman–Crippen MR) is 114 cm³/mol. The first-order valence-corrected chi connectivity index (χ1v) is 9.59. The molecule has 1 N–H and O–H groups in total. The molecular formula is C24H21NO6. The van der Waals surface area contributed by atoms with E-state index in [1.54, 1.807) is 48.5 Å². The summed E-state index contributed by atoms with van der Waals surface area (Å²) in [6.45, 7) is 1.89. The molecular weight excluding hydrogens is 398 g/mol. The highest BCUT2D eigenvalue weighted by atomic mass is 16.5. The van der Waals surface area contributed by atoms with Gasteiger partial charge in [-0.15, -0.1) is 0 Å². The molecule has 7 heteroatoms. The number of aryl methyl sites for hydroxylation is 1. The van der Waals surface area contributed by atoms with Crippen LogP contribution in [-0.4, -0.2) is 31.0 Å². The van der Waals surface area contributed by atoms with Crippen LogP contribution in [0.4, 0.5) is 5.69 Å². The molecule has 1 amide bonds. The summed E-state index contributed by atoms with van der Waals surface area (Å²) in [5.74, 6) is -0.793. The average Bonchev–Trinajstić information content (AvgIpc) is 3.40. The van der Waals surface area contributed by atoms with E-state index in [1.807, 2.05) is 13.0 Å². The van der Waals surface area contributed by atoms with Crippen molar-refractivity contribution >= 4 is 23.1 Å². The molecule has 7 nitrogen and oxygen atoms in total. The van der Waals surface area contributed by atoms with Crippen LogP contribution >= 0.6 is 0 Å². The molecule has 31 heavy (non-hydrogen) atoms. The summed E-state index contributed by atoms with van der Waals surface area (Å²) >= 11 is 0. The van der Waals surface area contributed by atoms with Crippen LogP contribution in [0.25, 0.3) is 5.76 Å². The molecule has 1 atom stereocenters. The standard InChI is InChI=1S/C24H21NO6/c1-14-6-4-7-15(12-14)25-21(19-8-5-11-31-19)20(23(27)24(25)28)22(26)17-13-16(29-2)9-10-18(17)30-3/h4-13,21,26H,1-3H3/b22-20-. The lowest BCUT2D eigenvalue weighted by atomic mass is 9.98. The van der Waals surface area contributed by atoms with E-state index in [4.69, 9.17) is 13.9 Å². The van der Waals surface area contributed by atoms with Crippen molar-refractivity contribution in [3.05, 3.63) is 83.3 Å². The molecule has 1 aliphatic rings. The number of aliphatic hydroxyl groups is 1. The van der Waals surface area contributed by atoms with Gasteiger partial charge in [0.1, 0.15) is 29.1 Å². The van der Waals surface area contributed by atoms with E-state index >= 15 is 0 Å². The number of ether oxygens (including phenoxy) is 2. The second-order valence-electron chi connectivity index (χ2n) is 7.09. The van der Waals surface area contributed by atoms with Gasteiger partial charge in [-0.3, -0.25) is 14.5 Å². The molecule has 1 saturated heterocycles. The fraction of sp³-hybridized carbons (Fsp3) is 0.167. The summed E-state index contributed by atoms with van der Waals surface area (Å²) in [6.07, 6.45) is 1.46. The van der Waals surface area contributed by atoms with Crippen LogP contribution in [0.15, 0.2) is 70.9 Å². The van der Waals surface area contributed by atoms with Crippen molar-refractivity contribution in [2.24, 2.45) is 0 Å². The van der Waals surface area contributed by atoms with Crippen LogP contribution in [-0.2, 0) is 9.59 Å². The molecule has 0 bridgehead atoms. The second-order valence-corrected chi connectivity index (χ2v) is 7.09. The van der Waals surface area contributed by atoms with Crippen molar-refractivity contribution in [1.29, 1.82) is 0 Å². The van der Waals surface area contributed by atoms with E-state index in [2.05, 4.69) is 0 Å². The summed E-state index contributed by atoms with van der Waals surface area (Å²) in [7, 11) is 2.94. The Kier molecular flexibility index (Phi) is 5.25. The zero-order valence-electron chi connectivity index (χ0n) is 17.3. The minimum atomic E-state index is -0.937. The Morgan fingerprint density at radius 2 is 1.84 bits per heavy atom. The fourth-order valence-corrected chi connectivity index (χ4v) is 3.74. The number of amides is 1. The molecule has 1 unspecified atom stereocenters. The van der Waals surface area contributed by atoms with Gasteiger partial charge >= 0.3 is 0 Å². The normalized spacial score (nSPS) is 17.8. The maximum atomic E-state index is 13.1. The molecule has 158 valence electrons. The summed E-state index contributed by atoms with van der Waals surface area (Å²) in [5.41, 5.74) is 1.60. The number of ketones is 1. The Morgan fingerprint density at radius 3 is 2.48 bits per heavy atom. The first-order chi connectivity index (χ1) is 15.0. The zero-order chi connectivity index (χ0) is 22.1. The highest BCUT2D eigenvalue weighted by Crippen LogP contribution is 2.43. The quantitative estimate of drug-likeness (QED) is 0.378. The van der Waals surface area contributed by atoms with E-state index in [9.17, 15) is 14.7 Å². The van der Waals surface area contributed by atoms with Crippen LogP contribution < -0.4 is 14.4 Å². The third kappa shape index (κ3) is 3.44. The number of hydrogen-bond acceptors (Lipinski definition) is 6. The zero-order valence-corrected chi connectivity index (χ0v) is 17.3. The molecule has 0 radical (unpaired) electrons. The molecule has 4 rings (SSSR count). The van der Waals surface area contributed by atoms with E-state index in [1.165, 1.54) is 25.4 Å². The number of benzene rings is 2. The number of hydrogen-bond donors (Lipinski definition) is 1. The molecule has 1 fully saturated rings. The number of methoxy groups -OCH3 is 2. The molecule has 0 spiro atoms. The lowest BCUT2D eigenvalue weighted by Gasteiger charge is -2.23. The van der Waals surface area contributed by atoms with Crippen molar-refractivity contribution in [3.8, 4) is 11.5 Å². The minimum absolute atomic E-state index is 0.0898. The number of Topliss-reactive ketones (excluding diaryl/α,β-unsaturated/α-hetero) is 1. The van der Waals surface area contributed by atoms with Crippen LogP contribution in [0.3, 0.4) is 0 Å². The molecule has 3 aromatic rings. The summed E-state index contributed by atoms with van der Waals surface area (Å²) in [4.78, 5) is 27.5. The van der Waals surface area contributed by atoms with Gasteiger partial charge < -0.3 is 19.0 Å². The van der Waals surface area contributed by atoms with Gasteiger partial charge in [-0.2, -0.15) is 0 Å². The molecule has 1 aromatic heterocycles. The van der Waals surface area contributed by atoms with Gasteiger partial charge in [-0.25, -0.2) is 0 Å². The van der Waals surface area contributed by atoms with E-state index in [0.29, 0.717) is 22.9 Å². The Hall–Kier alpha value is -4.00. The predicted octanol–water partition coefficient (Wildman–Crippen LogP) is 4.23. The summed E-state index contributed by atoms with van der Waals surface area (Å²) in [5, 5.41) is 11.2. The van der Waals surface area contributed by atoms with Crippen molar-refractivity contribution in [3.63, 3.8) is 0 Å². The average molecular weight is 419 g/mol. The number of rotatable bonds is 5. The van der Waals surface area contributed by atoms with Crippen LogP contribution in [0, 0.1) is 6.92 Å². The molecule has 1 aliphatic heterocycles. The fourth-order valence-electron chi connectivity index (χ4n) is 3.74. The van der Waals surface area contributed by atoms with Gasteiger partial charge in [0.25, 0.3) is 11.7 Å². The Bertz CT molecular complexity index is 1180. The van der Waals surface area contributed by atoms with Gasteiger partial charge in [0, 0.05) is 5.69 Å². The van der Waals surface area contributed by atoms with Crippen molar-refractivity contribution in [2.45, 2.75) is 13.0 Å². The Morgan fingerprint density at radius 1 is 1.03 bits per heavy atom. The minimum Gasteiger partial charge on any atom is -0.507 e. The Labute approximate surface area is 179 Å². The summed E-state index contributed by atoms with van der Waals surface area (Å²) in [6, 6.07) is 14.5. The summed E-state index contributed by atoms with van der Waals surface area (Å²) < 4.78 is 16.2. The third-order valence-corrected chi connectivity index (χ3v) is 5.20. The van der Waals surface area contributed by atoms with Crippen LogP contribution in [0.1, 0.15) is 22.9 Å². The van der Waals surface area contributed by atoms with Gasteiger partial charge in [0.05, 0.1) is 31.6 Å². The van der Waals surface area contributed by atoms with E-state index in [0.717, 1.165) is 5.56 Å². The Balaban J connectivity index is 1.96. The van der Waals surface area contributed by atoms with Gasteiger partial charge in [0.2, 0.25) is 0 Å². The monoisotopic (exact) mass is 419 g/mol. The highest BCUT2D eigenvalue weighted by Gasteiger charge is 2.48. The van der Waals surface area contributed by atoms with Gasteiger partial charge in [-0.1, -0.05) is 12.1 Å². The number of aliphatic hydroxyl groups excluding tert-OH is 1. The van der Waals surface area contributed by atoms with Crippen LogP contribution in [0.5, 0.6) is 11.5 Å². The third-order valence-electron chi connectivity index (χ3n) is 5.20. The smallest absolute Gasteiger partial charge is 0.300 e. The van der Waals surface area contributed by atoms with Gasteiger partial charge in [0.15, 0.2) is 0 Å². The maximum absolute atomic E-state index is 13.1. The first kappa shape index (κ1) is 20.3. The highest BCUT2D eigenvalue weighted by molar-refractivity contribution is 6.51. The van der Waals surface area contributed by atoms with Gasteiger partial charge in [-0.05, 0) is 55.0 Å². The largest absolute Gasteiger partial charge is 0.507 e. The number of carbonyl (C=O) groups excluding carboxylic acids is 2.